The van der Waals surface area contributed by atoms with Gasteiger partial charge in [0.2, 0.25) is 11.8 Å². The number of alkyl halides is 1. The van der Waals surface area contributed by atoms with Crippen molar-refractivity contribution >= 4 is 45.5 Å². The number of ether oxygens (including phenoxy) is 1. The van der Waals surface area contributed by atoms with Crippen molar-refractivity contribution in [1.82, 2.24) is 9.80 Å². The number of thioether (sulfide) groups is 1. The van der Waals surface area contributed by atoms with Crippen molar-refractivity contribution in [3.05, 3.63) is 12.7 Å². The van der Waals surface area contributed by atoms with E-state index in [1.165, 1.54) is 0 Å². The number of unbranched alkanes of at least 4 members (excludes halogenated alkanes) is 4. The van der Waals surface area contributed by atoms with Crippen LogP contribution in [0, 0.1) is 11.8 Å². The second kappa shape index (κ2) is 12.3. The summed E-state index contributed by atoms with van der Waals surface area (Å²) in [6.45, 7) is 9.67. The zero-order valence-corrected chi connectivity index (χ0v) is 22.8. The predicted octanol–water partition coefficient (Wildman–Crippen LogP) is 3.38. The standard InChI is InChI=1S/C25H39BrN2O5S/c1-4-7-9-13-27(12-5-2)23(31)21-25-16-17(26)20(34-25)18(24(32)33-6-3)19(25)22(30)28(21)14-10-8-11-15-29/h5,17-21,29H,2,4,6-16H2,1,3H3/t17?,18-,19+,20-,21?,25?/m1/s1. The fourth-order valence-electron chi connectivity index (χ4n) is 5.90. The monoisotopic (exact) mass is 558 g/mol. The van der Waals surface area contributed by atoms with Crippen molar-refractivity contribution in [3.8, 4) is 0 Å². The number of esters is 1. The van der Waals surface area contributed by atoms with Crippen molar-refractivity contribution in [1.29, 1.82) is 0 Å². The second-order valence-corrected chi connectivity index (χ2v) is 12.2. The Labute approximate surface area is 216 Å². The lowest BCUT2D eigenvalue weighted by molar-refractivity contribution is -0.153. The van der Waals surface area contributed by atoms with Crippen LogP contribution in [0.2, 0.25) is 0 Å². The van der Waals surface area contributed by atoms with Crippen LogP contribution in [0.15, 0.2) is 12.7 Å². The van der Waals surface area contributed by atoms with Crippen LogP contribution in [0.4, 0.5) is 0 Å². The topological polar surface area (TPSA) is 87.2 Å². The lowest BCUT2D eigenvalue weighted by Gasteiger charge is -2.38. The Morgan fingerprint density at radius 2 is 2.06 bits per heavy atom. The number of amides is 2. The maximum absolute atomic E-state index is 14.1. The van der Waals surface area contributed by atoms with Crippen molar-refractivity contribution in [2.24, 2.45) is 11.8 Å². The molecule has 2 bridgehead atoms. The van der Waals surface area contributed by atoms with E-state index in [0.29, 0.717) is 38.9 Å². The van der Waals surface area contributed by atoms with E-state index in [4.69, 9.17) is 9.84 Å². The molecule has 3 aliphatic rings. The van der Waals surface area contributed by atoms with E-state index in [9.17, 15) is 14.4 Å². The van der Waals surface area contributed by atoms with Crippen LogP contribution in [0.25, 0.3) is 0 Å². The van der Waals surface area contributed by atoms with Gasteiger partial charge in [0.1, 0.15) is 6.04 Å². The van der Waals surface area contributed by atoms with Gasteiger partial charge in [-0.05, 0) is 39.0 Å². The van der Waals surface area contributed by atoms with Gasteiger partial charge in [0.05, 0.1) is 23.2 Å². The molecule has 0 aliphatic carbocycles. The molecule has 3 fully saturated rings. The summed E-state index contributed by atoms with van der Waals surface area (Å²) < 4.78 is 4.76. The molecule has 3 aliphatic heterocycles. The zero-order chi connectivity index (χ0) is 24.9. The Bertz CT molecular complexity index is 768. The molecule has 0 saturated carbocycles. The molecular weight excluding hydrogens is 520 g/mol. The molecule has 2 amide bonds. The van der Waals surface area contributed by atoms with E-state index in [1.807, 2.05) is 4.90 Å². The van der Waals surface area contributed by atoms with Gasteiger partial charge in [0.15, 0.2) is 0 Å². The van der Waals surface area contributed by atoms with Crippen LogP contribution in [0.1, 0.15) is 58.8 Å². The molecular formula is C25H39BrN2O5S. The smallest absolute Gasteiger partial charge is 0.310 e. The molecule has 6 atom stereocenters. The number of likely N-dealkylation sites (tertiary alicyclic amines) is 1. The number of rotatable bonds is 14. The molecule has 0 radical (unpaired) electrons. The van der Waals surface area contributed by atoms with E-state index >= 15 is 0 Å². The minimum absolute atomic E-state index is 0.0358. The van der Waals surface area contributed by atoms with Gasteiger partial charge in [-0.15, -0.1) is 18.3 Å². The van der Waals surface area contributed by atoms with Crippen LogP contribution in [-0.2, 0) is 19.1 Å². The average Bonchev–Trinajstić information content (AvgIpc) is 3.39. The van der Waals surface area contributed by atoms with Gasteiger partial charge in [-0.2, -0.15) is 0 Å². The Morgan fingerprint density at radius 1 is 1.29 bits per heavy atom. The van der Waals surface area contributed by atoms with E-state index in [0.717, 1.165) is 25.7 Å². The summed E-state index contributed by atoms with van der Waals surface area (Å²) in [6, 6.07) is -0.602. The quantitative estimate of drug-likeness (QED) is 0.152. The number of aliphatic hydroxyl groups is 1. The van der Waals surface area contributed by atoms with E-state index < -0.39 is 22.6 Å². The first-order valence-electron chi connectivity index (χ1n) is 12.7. The van der Waals surface area contributed by atoms with Gasteiger partial charge in [0, 0.05) is 36.3 Å². The Morgan fingerprint density at radius 3 is 2.71 bits per heavy atom. The van der Waals surface area contributed by atoms with Crippen molar-refractivity contribution < 1.29 is 24.2 Å². The number of fused-ring (bicyclic) bond motifs is 1. The normalized spacial score (nSPS) is 31.6. The number of hydrogen-bond acceptors (Lipinski definition) is 6. The van der Waals surface area contributed by atoms with Gasteiger partial charge >= 0.3 is 5.97 Å². The molecule has 7 nitrogen and oxygen atoms in total. The molecule has 0 aromatic carbocycles. The predicted molar refractivity (Wildman–Crippen MR) is 138 cm³/mol. The number of hydrogen-bond donors (Lipinski definition) is 1. The summed E-state index contributed by atoms with van der Waals surface area (Å²) in [4.78, 5) is 44.6. The Kier molecular flexibility index (Phi) is 9.93. The van der Waals surface area contributed by atoms with Gasteiger partial charge in [-0.25, -0.2) is 0 Å². The first kappa shape index (κ1) is 27.5. The molecule has 3 unspecified atom stereocenters. The third kappa shape index (κ3) is 5.07. The van der Waals surface area contributed by atoms with Crippen LogP contribution >= 0.6 is 27.7 Å². The van der Waals surface area contributed by atoms with Crippen LogP contribution in [0.3, 0.4) is 0 Å². The van der Waals surface area contributed by atoms with Gasteiger partial charge < -0.3 is 19.6 Å². The summed E-state index contributed by atoms with van der Waals surface area (Å²) in [6.07, 6.45) is 7.59. The number of carbonyl (C=O) groups excluding carboxylic acids is 3. The second-order valence-electron chi connectivity index (χ2n) is 9.51. The summed E-state index contributed by atoms with van der Waals surface area (Å²) in [7, 11) is 0. The zero-order valence-electron chi connectivity index (χ0n) is 20.4. The molecule has 192 valence electrons. The first-order valence-corrected chi connectivity index (χ1v) is 14.5. The van der Waals surface area contributed by atoms with E-state index in [-0.39, 0.29) is 41.1 Å². The Balaban J connectivity index is 1.96. The molecule has 9 heteroatoms. The number of carbonyl (C=O) groups is 3. The first-order chi connectivity index (χ1) is 16.4. The summed E-state index contributed by atoms with van der Waals surface area (Å²) in [5.41, 5.74) is 0. The highest BCUT2D eigenvalue weighted by Gasteiger charge is 2.76. The van der Waals surface area contributed by atoms with E-state index in [1.54, 1.807) is 29.7 Å². The number of aliphatic hydroxyl groups excluding tert-OH is 1. The molecule has 34 heavy (non-hydrogen) atoms. The lowest BCUT2D eigenvalue weighted by Crippen LogP contribution is -2.55. The van der Waals surface area contributed by atoms with Crippen molar-refractivity contribution in [2.45, 2.75) is 79.7 Å². The van der Waals surface area contributed by atoms with Crippen LogP contribution in [-0.4, -0.2) is 86.4 Å². The van der Waals surface area contributed by atoms with Crippen molar-refractivity contribution in [2.75, 3.05) is 32.8 Å². The minimum Gasteiger partial charge on any atom is -0.466 e. The third-order valence-electron chi connectivity index (χ3n) is 7.33. The largest absolute Gasteiger partial charge is 0.466 e. The van der Waals surface area contributed by atoms with E-state index in [2.05, 4.69) is 29.4 Å². The molecule has 1 spiro atoms. The molecule has 3 rings (SSSR count). The number of halogens is 1. The average molecular weight is 560 g/mol. The summed E-state index contributed by atoms with van der Waals surface area (Å²) in [5.74, 6) is -1.54. The molecule has 0 aromatic rings. The van der Waals surface area contributed by atoms with Crippen LogP contribution in [0.5, 0.6) is 0 Å². The summed E-state index contributed by atoms with van der Waals surface area (Å²) >= 11 is 5.42. The molecule has 0 aromatic heterocycles. The van der Waals surface area contributed by atoms with Gasteiger partial charge in [-0.1, -0.05) is 41.8 Å². The van der Waals surface area contributed by atoms with Gasteiger partial charge in [-0.3, -0.25) is 14.4 Å². The maximum Gasteiger partial charge on any atom is 0.310 e. The maximum atomic E-state index is 14.1. The van der Waals surface area contributed by atoms with Crippen LogP contribution < -0.4 is 0 Å². The third-order valence-corrected chi connectivity index (χ3v) is 10.6. The highest BCUT2D eigenvalue weighted by atomic mass is 79.9. The number of nitrogens with zero attached hydrogens (tertiary/aromatic N) is 2. The van der Waals surface area contributed by atoms with Crippen molar-refractivity contribution in [3.63, 3.8) is 0 Å². The highest BCUT2D eigenvalue weighted by molar-refractivity contribution is 9.09. The fourth-order valence-corrected chi connectivity index (χ4v) is 9.50. The molecule has 3 saturated heterocycles. The summed E-state index contributed by atoms with van der Waals surface area (Å²) in [5, 5.41) is 9.09. The fraction of sp³-hybridized carbons (Fsp3) is 0.800. The SMILES string of the molecule is C=CCN(CCCCC)C(=O)C1N(CCCCCO)C(=O)[C@@H]2[C@@H](C(=O)OCC)[C@@H]3SC12CC3Br. The van der Waals surface area contributed by atoms with Gasteiger partial charge in [0.25, 0.3) is 0 Å². The highest BCUT2D eigenvalue weighted by Crippen LogP contribution is 2.68. The lowest BCUT2D eigenvalue weighted by atomic mass is 9.71. The molecule has 3 heterocycles. The minimum atomic E-state index is -0.633. The Hall–Kier alpha value is -1.06. The molecule has 1 N–H and O–H groups in total.